The van der Waals surface area contributed by atoms with Crippen molar-refractivity contribution >= 4 is 5.78 Å². The molecule has 0 amide bonds. The maximum atomic E-state index is 12.1. The van der Waals surface area contributed by atoms with Crippen LogP contribution in [0.5, 0.6) is 11.6 Å². The largest absolute Gasteiger partial charge is 0.497 e. The van der Waals surface area contributed by atoms with Crippen molar-refractivity contribution in [2.45, 2.75) is 6.42 Å². The van der Waals surface area contributed by atoms with Gasteiger partial charge in [-0.3, -0.25) is 4.79 Å². The van der Waals surface area contributed by atoms with Gasteiger partial charge in [-0.15, -0.1) is 0 Å². The van der Waals surface area contributed by atoms with Gasteiger partial charge in [0.2, 0.25) is 5.88 Å². The van der Waals surface area contributed by atoms with Crippen LogP contribution in [0.4, 0.5) is 0 Å². The van der Waals surface area contributed by atoms with E-state index in [-0.39, 0.29) is 12.2 Å². The van der Waals surface area contributed by atoms with Crippen LogP contribution in [0, 0.1) is 0 Å². The molecule has 0 aliphatic heterocycles. The van der Waals surface area contributed by atoms with Gasteiger partial charge in [0.1, 0.15) is 11.4 Å². The SMILES string of the molecule is COc1cccc(CC(=O)c2cc(OC)n(C)n2)c1. The van der Waals surface area contributed by atoms with Crippen LogP contribution in [0.2, 0.25) is 0 Å². The molecule has 0 spiro atoms. The van der Waals surface area contributed by atoms with Crippen LogP contribution in [0.15, 0.2) is 30.3 Å². The van der Waals surface area contributed by atoms with Crippen molar-refractivity contribution in [3.63, 3.8) is 0 Å². The fraction of sp³-hybridized carbons (Fsp3) is 0.286. The molecule has 0 atom stereocenters. The number of rotatable bonds is 5. The lowest BCUT2D eigenvalue weighted by atomic mass is 10.1. The smallest absolute Gasteiger partial charge is 0.211 e. The van der Waals surface area contributed by atoms with Crippen LogP contribution in [0.3, 0.4) is 0 Å². The molecule has 0 N–H and O–H groups in total. The summed E-state index contributed by atoms with van der Waals surface area (Å²) >= 11 is 0. The van der Waals surface area contributed by atoms with Gasteiger partial charge >= 0.3 is 0 Å². The Balaban J connectivity index is 2.15. The summed E-state index contributed by atoms with van der Waals surface area (Å²) in [6, 6.07) is 9.08. The monoisotopic (exact) mass is 260 g/mol. The summed E-state index contributed by atoms with van der Waals surface area (Å²) in [6.07, 6.45) is 0.289. The Morgan fingerprint density at radius 2 is 2.05 bits per heavy atom. The number of methoxy groups -OCH3 is 2. The van der Waals surface area contributed by atoms with E-state index in [1.807, 2.05) is 24.3 Å². The fourth-order valence-corrected chi connectivity index (χ4v) is 1.84. The average molecular weight is 260 g/mol. The van der Waals surface area contributed by atoms with Crippen molar-refractivity contribution < 1.29 is 14.3 Å². The molecule has 0 saturated heterocycles. The zero-order chi connectivity index (χ0) is 13.8. The van der Waals surface area contributed by atoms with E-state index in [0.29, 0.717) is 11.6 Å². The summed E-state index contributed by atoms with van der Waals surface area (Å²) in [7, 11) is 4.89. The Kier molecular flexibility index (Phi) is 3.85. The molecule has 0 unspecified atom stereocenters. The number of carbonyl (C=O) groups is 1. The molecule has 0 radical (unpaired) electrons. The normalized spacial score (nSPS) is 10.3. The number of aromatic nitrogens is 2. The summed E-state index contributed by atoms with van der Waals surface area (Å²) in [5.74, 6) is 1.25. The first-order valence-corrected chi connectivity index (χ1v) is 5.88. The number of hydrogen-bond donors (Lipinski definition) is 0. The van der Waals surface area contributed by atoms with Gasteiger partial charge in [0.15, 0.2) is 5.78 Å². The number of Topliss-reactive ketones (excluding diaryl/α,β-unsaturated/α-hetero) is 1. The van der Waals surface area contributed by atoms with E-state index in [0.717, 1.165) is 11.3 Å². The molecule has 1 heterocycles. The third kappa shape index (κ3) is 2.93. The first-order chi connectivity index (χ1) is 9.13. The quantitative estimate of drug-likeness (QED) is 0.770. The van der Waals surface area contributed by atoms with Crippen LogP contribution in [-0.4, -0.2) is 29.8 Å². The van der Waals surface area contributed by atoms with Crippen molar-refractivity contribution in [3.05, 3.63) is 41.6 Å². The summed E-state index contributed by atoms with van der Waals surface area (Å²) in [6.45, 7) is 0. The Hall–Kier alpha value is -2.30. The zero-order valence-corrected chi connectivity index (χ0v) is 11.2. The molecule has 0 fully saturated rings. The highest BCUT2D eigenvalue weighted by atomic mass is 16.5. The minimum absolute atomic E-state index is 0.0489. The van der Waals surface area contributed by atoms with Gasteiger partial charge < -0.3 is 9.47 Å². The van der Waals surface area contributed by atoms with Crippen molar-refractivity contribution in [1.82, 2.24) is 9.78 Å². The maximum Gasteiger partial charge on any atom is 0.211 e. The topological polar surface area (TPSA) is 53.4 Å². The third-order valence-corrected chi connectivity index (χ3v) is 2.83. The van der Waals surface area contributed by atoms with Crippen LogP contribution in [0.1, 0.15) is 16.1 Å². The van der Waals surface area contributed by atoms with Gasteiger partial charge in [-0.25, -0.2) is 4.68 Å². The molecule has 5 heteroatoms. The second kappa shape index (κ2) is 5.56. The molecular weight excluding hydrogens is 244 g/mol. The van der Waals surface area contributed by atoms with E-state index >= 15 is 0 Å². The van der Waals surface area contributed by atoms with E-state index in [4.69, 9.17) is 9.47 Å². The Morgan fingerprint density at radius 1 is 1.26 bits per heavy atom. The van der Waals surface area contributed by atoms with Crippen LogP contribution < -0.4 is 9.47 Å². The minimum Gasteiger partial charge on any atom is -0.497 e. The average Bonchev–Trinajstić information content (AvgIpc) is 2.80. The van der Waals surface area contributed by atoms with Crippen molar-refractivity contribution in [2.75, 3.05) is 14.2 Å². The van der Waals surface area contributed by atoms with Gasteiger partial charge in [-0.05, 0) is 17.7 Å². The molecule has 2 aromatic rings. The van der Waals surface area contributed by atoms with E-state index < -0.39 is 0 Å². The Morgan fingerprint density at radius 3 is 2.68 bits per heavy atom. The third-order valence-electron chi connectivity index (χ3n) is 2.83. The molecule has 5 nitrogen and oxygen atoms in total. The van der Waals surface area contributed by atoms with Crippen LogP contribution >= 0.6 is 0 Å². The lowest BCUT2D eigenvalue weighted by Gasteiger charge is -2.02. The molecule has 100 valence electrons. The summed E-state index contributed by atoms with van der Waals surface area (Å²) in [5, 5.41) is 4.13. The number of benzene rings is 1. The van der Waals surface area contributed by atoms with Gasteiger partial charge in [-0.1, -0.05) is 12.1 Å². The molecule has 0 saturated carbocycles. The maximum absolute atomic E-state index is 12.1. The van der Waals surface area contributed by atoms with Crippen molar-refractivity contribution in [3.8, 4) is 11.6 Å². The highest BCUT2D eigenvalue weighted by Gasteiger charge is 2.14. The predicted octanol–water partition coefficient (Wildman–Crippen LogP) is 1.86. The first kappa shape index (κ1) is 13.1. The van der Waals surface area contributed by atoms with E-state index in [1.165, 1.54) is 0 Å². The fourth-order valence-electron chi connectivity index (χ4n) is 1.84. The Labute approximate surface area is 111 Å². The summed E-state index contributed by atoms with van der Waals surface area (Å²) in [5.41, 5.74) is 1.30. The molecule has 19 heavy (non-hydrogen) atoms. The standard InChI is InChI=1S/C14H16N2O3/c1-16-14(19-3)9-12(15-16)13(17)8-10-5-4-6-11(7-10)18-2/h4-7,9H,8H2,1-3H3. The molecule has 2 rings (SSSR count). The first-order valence-electron chi connectivity index (χ1n) is 5.88. The van der Waals surface area contributed by atoms with E-state index in [1.54, 1.807) is 32.0 Å². The van der Waals surface area contributed by atoms with Crippen molar-refractivity contribution in [1.29, 1.82) is 0 Å². The highest BCUT2D eigenvalue weighted by Crippen LogP contribution is 2.16. The van der Waals surface area contributed by atoms with Gasteiger partial charge in [0.25, 0.3) is 0 Å². The molecule has 1 aromatic carbocycles. The highest BCUT2D eigenvalue weighted by molar-refractivity contribution is 5.96. The van der Waals surface area contributed by atoms with Gasteiger partial charge in [0.05, 0.1) is 14.2 Å². The zero-order valence-electron chi connectivity index (χ0n) is 11.2. The lowest BCUT2D eigenvalue weighted by molar-refractivity contribution is 0.0987. The number of carbonyl (C=O) groups excluding carboxylic acids is 1. The van der Waals surface area contributed by atoms with E-state index in [2.05, 4.69) is 5.10 Å². The number of hydrogen-bond acceptors (Lipinski definition) is 4. The Bertz CT molecular complexity index is 590. The lowest BCUT2D eigenvalue weighted by Crippen LogP contribution is -2.05. The second-order valence-corrected chi connectivity index (χ2v) is 4.15. The second-order valence-electron chi connectivity index (χ2n) is 4.15. The number of aryl methyl sites for hydroxylation is 1. The minimum atomic E-state index is -0.0489. The summed E-state index contributed by atoms with van der Waals surface area (Å²) < 4.78 is 11.8. The van der Waals surface area contributed by atoms with Crippen LogP contribution in [-0.2, 0) is 13.5 Å². The van der Waals surface area contributed by atoms with Crippen molar-refractivity contribution in [2.24, 2.45) is 7.05 Å². The number of ether oxygens (including phenoxy) is 2. The van der Waals surface area contributed by atoms with Crippen LogP contribution in [0.25, 0.3) is 0 Å². The number of ketones is 1. The molecule has 0 aliphatic carbocycles. The van der Waals surface area contributed by atoms with Gasteiger partial charge in [-0.2, -0.15) is 5.10 Å². The van der Waals surface area contributed by atoms with Gasteiger partial charge in [0, 0.05) is 19.5 Å². The molecule has 0 bridgehead atoms. The number of nitrogens with zero attached hydrogens (tertiary/aromatic N) is 2. The summed E-state index contributed by atoms with van der Waals surface area (Å²) in [4.78, 5) is 12.1. The van der Waals surface area contributed by atoms with E-state index in [9.17, 15) is 4.79 Å². The predicted molar refractivity (Wildman–Crippen MR) is 70.8 cm³/mol. The molecule has 0 aliphatic rings. The molecular formula is C14H16N2O3. The molecule has 1 aromatic heterocycles.